The van der Waals surface area contributed by atoms with E-state index < -0.39 is 0 Å². The van der Waals surface area contributed by atoms with Crippen molar-refractivity contribution in [2.45, 2.75) is 6.92 Å². The summed E-state index contributed by atoms with van der Waals surface area (Å²) in [6.45, 7) is 6.16. The van der Waals surface area contributed by atoms with E-state index >= 15 is 0 Å². The molecular formula is C19H18N6. The number of hydrogen-bond acceptors (Lipinski definition) is 3. The number of fused-ring (bicyclic) bond motifs is 1. The van der Waals surface area contributed by atoms with Crippen molar-refractivity contribution in [1.29, 1.82) is 0 Å². The lowest BCUT2D eigenvalue weighted by Crippen LogP contribution is -2.23. The van der Waals surface area contributed by atoms with Crippen molar-refractivity contribution in [3.63, 3.8) is 0 Å². The Morgan fingerprint density at radius 2 is 2.24 bits per heavy atom. The van der Waals surface area contributed by atoms with Crippen molar-refractivity contribution in [2.75, 3.05) is 0 Å². The van der Waals surface area contributed by atoms with Crippen LogP contribution in [0.3, 0.4) is 0 Å². The van der Waals surface area contributed by atoms with Gasteiger partial charge in [0.15, 0.2) is 0 Å². The van der Waals surface area contributed by atoms with Crippen LogP contribution in [0.5, 0.6) is 0 Å². The number of pyridine rings is 1. The SMILES string of the molecule is C=C(/C=c1/c(-c2cc3cccnc3[nH]2)n[nH]/c1=C/C)c1cnn(C)c1. The van der Waals surface area contributed by atoms with Gasteiger partial charge in [-0.2, -0.15) is 10.2 Å². The van der Waals surface area contributed by atoms with Crippen LogP contribution in [0, 0.1) is 0 Å². The van der Waals surface area contributed by atoms with Gasteiger partial charge in [-0.1, -0.05) is 12.7 Å². The summed E-state index contributed by atoms with van der Waals surface area (Å²) in [7, 11) is 1.89. The van der Waals surface area contributed by atoms with E-state index in [4.69, 9.17) is 0 Å². The van der Waals surface area contributed by atoms with Gasteiger partial charge in [0, 0.05) is 35.6 Å². The molecule has 0 spiro atoms. The minimum absolute atomic E-state index is 0.844. The smallest absolute Gasteiger partial charge is 0.137 e. The fourth-order valence-corrected chi connectivity index (χ4v) is 2.87. The van der Waals surface area contributed by atoms with Gasteiger partial charge in [0.25, 0.3) is 0 Å². The number of aromatic amines is 2. The van der Waals surface area contributed by atoms with Crippen LogP contribution in [0.2, 0.25) is 0 Å². The molecule has 0 radical (unpaired) electrons. The summed E-state index contributed by atoms with van der Waals surface area (Å²) in [4.78, 5) is 7.69. The molecule has 0 fully saturated rings. The molecule has 4 aromatic heterocycles. The number of aryl methyl sites for hydroxylation is 1. The summed E-state index contributed by atoms with van der Waals surface area (Å²) in [5, 5.41) is 14.8. The second-order valence-electron chi connectivity index (χ2n) is 5.88. The van der Waals surface area contributed by atoms with Gasteiger partial charge in [-0.15, -0.1) is 0 Å². The van der Waals surface area contributed by atoms with Gasteiger partial charge in [-0.3, -0.25) is 9.78 Å². The molecule has 0 aromatic carbocycles. The first kappa shape index (κ1) is 15.1. The number of nitrogens with zero attached hydrogens (tertiary/aromatic N) is 4. The maximum Gasteiger partial charge on any atom is 0.137 e. The van der Waals surface area contributed by atoms with Crippen molar-refractivity contribution in [1.82, 2.24) is 29.9 Å². The first-order valence-corrected chi connectivity index (χ1v) is 8.00. The quantitative estimate of drug-likeness (QED) is 0.603. The van der Waals surface area contributed by atoms with Gasteiger partial charge in [0.05, 0.1) is 17.2 Å². The molecule has 4 heterocycles. The molecule has 6 nitrogen and oxygen atoms in total. The Labute approximate surface area is 144 Å². The number of hydrogen-bond donors (Lipinski definition) is 2. The molecule has 0 amide bonds. The summed E-state index contributed by atoms with van der Waals surface area (Å²) in [6, 6.07) is 6.01. The molecule has 0 atom stereocenters. The van der Waals surface area contributed by atoms with Crippen LogP contribution in [0.1, 0.15) is 12.5 Å². The average Bonchev–Trinajstić information content (AvgIpc) is 3.31. The fourth-order valence-electron chi connectivity index (χ4n) is 2.87. The minimum atomic E-state index is 0.844. The van der Waals surface area contributed by atoms with Crippen LogP contribution in [-0.4, -0.2) is 29.9 Å². The van der Waals surface area contributed by atoms with E-state index in [-0.39, 0.29) is 0 Å². The van der Waals surface area contributed by atoms with Crippen LogP contribution in [-0.2, 0) is 7.05 Å². The zero-order valence-electron chi connectivity index (χ0n) is 14.1. The van der Waals surface area contributed by atoms with Crippen LogP contribution in [0.25, 0.3) is 40.1 Å². The molecule has 0 aliphatic heterocycles. The fraction of sp³-hybridized carbons (Fsp3) is 0.105. The first-order chi connectivity index (χ1) is 12.2. The molecule has 25 heavy (non-hydrogen) atoms. The van der Waals surface area contributed by atoms with Crippen LogP contribution in [0.4, 0.5) is 0 Å². The van der Waals surface area contributed by atoms with E-state index in [2.05, 4.69) is 37.9 Å². The Hall–Kier alpha value is -3.41. The Kier molecular flexibility index (Phi) is 3.57. The minimum Gasteiger partial charge on any atom is -0.338 e. The normalized spacial score (nSPS) is 13.0. The summed E-state index contributed by atoms with van der Waals surface area (Å²) in [6.07, 6.45) is 9.56. The standard InChI is InChI=1S/C19H18N6/c1-4-16-15(8-12(2)14-10-21-25(3)11-14)18(24-23-16)17-9-13-6-5-7-20-19(13)22-17/h4-11,23H,2H2,1,3H3,(H,20,22)/b15-8+,16-4+. The van der Waals surface area contributed by atoms with E-state index in [1.54, 1.807) is 17.1 Å². The topological polar surface area (TPSA) is 75.2 Å². The number of aromatic nitrogens is 6. The van der Waals surface area contributed by atoms with Crippen molar-refractivity contribution >= 4 is 28.8 Å². The van der Waals surface area contributed by atoms with Gasteiger partial charge in [0.2, 0.25) is 0 Å². The monoisotopic (exact) mass is 330 g/mol. The highest BCUT2D eigenvalue weighted by atomic mass is 15.2. The third-order valence-corrected chi connectivity index (χ3v) is 4.16. The molecule has 4 rings (SSSR count). The number of nitrogens with one attached hydrogen (secondary N) is 2. The van der Waals surface area contributed by atoms with Crippen molar-refractivity contribution < 1.29 is 0 Å². The predicted molar refractivity (Wildman–Crippen MR) is 99.8 cm³/mol. The van der Waals surface area contributed by atoms with Gasteiger partial charge in [0.1, 0.15) is 11.3 Å². The molecule has 0 aliphatic carbocycles. The lowest BCUT2D eigenvalue weighted by atomic mass is 10.1. The van der Waals surface area contributed by atoms with Crippen LogP contribution >= 0.6 is 0 Å². The lowest BCUT2D eigenvalue weighted by Gasteiger charge is -1.95. The second kappa shape index (κ2) is 5.90. The molecule has 2 N–H and O–H groups in total. The second-order valence-corrected chi connectivity index (χ2v) is 5.88. The molecule has 0 bridgehead atoms. The summed E-state index contributed by atoms with van der Waals surface area (Å²) in [5.41, 5.74) is 4.47. The molecule has 6 heteroatoms. The highest BCUT2D eigenvalue weighted by molar-refractivity contribution is 5.88. The molecule has 0 unspecified atom stereocenters. The number of H-pyrrole nitrogens is 2. The maximum absolute atomic E-state index is 4.50. The first-order valence-electron chi connectivity index (χ1n) is 8.00. The Bertz CT molecular complexity index is 1160. The van der Waals surface area contributed by atoms with Gasteiger partial charge in [-0.25, -0.2) is 4.98 Å². The molecular weight excluding hydrogens is 312 g/mol. The molecule has 0 saturated carbocycles. The van der Waals surface area contributed by atoms with Gasteiger partial charge in [-0.05, 0) is 36.8 Å². The molecule has 0 aliphatic rings. The van der Waals surface area contributed by atoms with E-state index in [1.165, 1.54) is 0 Å². The third kappa shape index (κ3) is 2.67. The molecule has 124 valence electrons. The van der Waals surface area contributed by atoms with E-state index in [9.17, 15) is 0 Å². The number of rotatable bonds is 3. The molecule has 0 saturated heterocycles. The third-order valence-electron chi connectivity index (χ3n) is 4.16. The average molecular weight is 330 g/mol. The lowest BCUT2D eigenvalue weighted by molar-refractivity contribution is 0.767. The Morgan fingerprint density at radius 3 is 2.96 bits per heavy atom. The van der Waals surface area contributed by atoms with E-state index in [0.29, 0.717) is 0 Å². The summed E-state index contributed by atoms with van der Waals surface area (Å²) in [5.74, 6) is 0. The van der Waals surface area contributed by atoms with E-state index in [1.807, 2.05) is 44.5 Å². The van der Waals surface area contributed by atoms with Crippen molar-refractivity contribution in [3.05, 3.63) is 59.5 Å². The van der Waals surface area contributed by atoms with E-state index in [0.717, 1.165) is 44.1 Å². The summed E-state index contributed by atoms with van der Waals surface area (Å²) < 4.78 is 1.76. The van der Waals surface area contributed by atoms with Gasteiger partial charge < -0.3 is 4.98 Å². The van der Waals surface area contributed by atoms with Crippen molar-refractivity contribution in [2.24, 2.45) is 7.05 Å². The highest BCUT2D eigenvalue weighted by Crippen LogP contribution is 2.19. The Morgan fingerprint density at radius 1 is 1.36 bits per heavy atom. The molecule has 4 aromatic rings. The van der Waals surface area contributed by atoms with Gasteiger partial charge >= 0.3 is 0 Å². The van der Waals surface area contributed by atoms with Crippen LogP contribution in [0.15, 0.2) is 43.4 Å². The zero-order chi connectivity index (χ0) is 17.4. The number of allylic oxidation sites excluding steroid dienone is 1. The summed E-state index contributed by atoms with van der Waals surface area (Å²) >= 11 is 0. The van der Waals surface area contributed by atoms with Crippen LogP contribution < -0.4 is 10.6 Å². The Balaban J connectivity index is 1.89. The zero-order valence-corrected chi connectivity index (χ0v) is 14.1. The highest BCUT2D eigenvalue weighted by Gasteiger charge is 2.10. The largest absolute Gasteiger partial charge is 0.338 e. The predicted octanol–water partition coefficient (Wildman–Crippen LogP) is 1.98. The van der Waals surface area contributed by atoms with Crippen molar-refractivity contribution in [3.8, 4) is 11.4 Å². The maximum atomic E-state index is 4.50.